The molecule has 1 aromatic heterocycles. The lowest BCUT2D eigenvalue weighted by Crippen LogP contribution is -2.39. The maximum Gasteiger partial charge on any atom is 0.248 e. The average molecular weight is 340 g/mol. The number of hydrogen-bond donors (Lipinski definition) is 1. The number of anilines is 1. The zero-order valence-electron chi connectivity index (χ0n) is 10.7. The SMILES string of the molecule is O=C(C=CC(=O)N1CCOCC1)Nc1ccc(Br)nc1. The molecule has 1 fully saturated rings. The van der Waals surface area contributed by atoms with Crippen LogP contribution in [0.3, 0.4) is 0 Å². The number of ether oxygens (including phenoxy) is 1. The molecule has 2 rings (SSSR count). The second-order valence-electron chi connectivity index (χ2n) is 4.13. The molecule has 7 heteroatoms. The molecule has 0 radical (unpaired) electrons. The molecule has 1 aliphatic rings. The first-order valence-corrected chi connectivity index (χ1v) is 6.92. The van der Waals surface area contributed by atoms with Gasteiger partial charge in [0, 0.05) is 25.2 Å². The number of carbonyl (C=O) groups is 2. The molecule has 0 aliphatic carbocycles. The number of halogens is 1. The monoisotopic (exact) mass is 339 g/mol. The van der Waals surface area contributed by atoms with E-state index in [0.717, 1.165) is 0 Å². The van der Waals surface area contributed by atoms with Crippen molar-refractivity contribution in [3.05, 3.63) is 35.1 Å². The largest absolute Gasteiger partial charge is 0.378 e. The van der Waals surface area contributed by atoms with Crippen molar-refractivity contribution in [2.24, 2.45) is 0 Å². The van der Waals surface area contributed by atoms with Crippen molar-refractivity contribution in [3.8, 4) is 0 Å². The maximum atomic E-state index is 11.8. The lowest BCUT2D eigenvalue weighted by molar-refractivity contribution is -0.130. The van der Waals surface area contributed by atoms with Gasteiger partial charge in [-0.25, -0.2) is 4.98 Å². The van der Waals surface area contributed by atoms with E-state index < -0.39 is 0 Å². The van der Waals surface area contributed by atoms with Crippen LogP contribution in [0.25, 0.3) is 0 Å². The normalized spacial score (nSPS) is 15.3. The molecule has 1 aromatic rings. The highest BCUT2D eigenvalue weighted by atomic mass is 79.9. The van der Waals surface area contributed by atoms with Gasteiger partial charge in [0.15, 0.2) is 0 Å². The zero-order valence-corrected chi connectivity index (χ0v) is 12.3. The minimum absolute atomic E-state index is 0.183. The smallest absolute Gasteiger partial charge is 0.248 e. The van der Waals surface area contributed by atoms with Crippen LogP contribution in [0.5, 0.6) is 0 Å². The second kappa shape index (κ2) is 7.16. The van der Waals surface area contributed by atoms with E-state index in [-0.39, 0.29) is 11.8 Å². The minimum Gasteiger partial charge on any atom is -0.378 e. The summed E-state index contributed by atoms with van der Waals surface area (Å²) < 4.78 is 5.84. The molecule has 2 amide bonds. The summed E-state index contributed by atoms with van der Waals surface area (Å²) >= 11 is 3.21. The molecule has 1 saturated heterocycles. The van der Waals surface area contributed by atoms with E-state index in [4.69, 9.17) is 4.74 Å². The van der Waals surface area contributed by atoms with Gasteiger partial charge < -0.3 is 15.0 Å². The Bertz CT molecular complexity index is 510. The third kappa shape index (κ3) is 4.43. The molecule has 20 heavy (non-hydrogen) atoms. The molecule has 106 valence electrons. The van der Waals surface area contributed by atoms with Gasteiger partial charge in [0.25, 0.3) is 0 Å². The summed E-state index contributed by atoms with van der Waals surface area (Å²) in [6, 6.07) is 3.44. The predicted molar refractivity (Wildman–Crippen MR) is 77.1 cm³/mol. The molecule has 0 saturated carbocycles. The first-order chi connectivity index (χ1) is 9.65. The first-order valence-electron chi connectivity index (χ1n) is 6.12. The van der Waals surface area contributed by atoms with E-state index in [1.54, 1.807) is 17.0 Å². The van der Waals surface area contributed by atoms with Gasteiger partial charge in [-0.1, -0.05) is 0 Å². The molecule has 0 unspecified atom stereocenters. The van der Waals surface area contributed by atoms with Crippen LogP contribution in [0.4, 0.5) is 5.69 Å². The minimum atomic E-state index is -0.365. The fourth-order valence-electron chi connectivity index (χ4n) is 1.67. The fraction of sp³-hybridized carbons (Fsp3) is 0.308. The van der Waals surface area contributed by atoms with Gasteiger partial charge in [0.05, 0.1) is 25.1 Å². The fourth-order valence-corrected chi connectivity index (χ4v) is 1.90. The van der Waals surface area contributed by atoms with E-state index >= 15 is 0 Å². The number of nitrogens with one attached hydrogen (secondary N) is 1. The van der Waals surface area contributed by atoms with E-state index in [0.29, 0.717) is 36.6 Å². The van der Waals surface area contributed by atoms with E-state index in [1.807, 2.05) is 0 Å². The van der Waals surface area contributed by atoms with Gasteiger partial charge in [0.1, 0.15) is 4.60 Å². The van der Waals surface area contributed by atoms with Crippen molar-refractivity contribution in [2.45, 2.75) is 0 Å². The first kappa shape index (κ1) is 14.7. The number of amides is 2. The highest BCUT2D eigenvalue weighted by molar-refractivity contribution is 9.10. The van der Waals surface area contributed by atoms with Crippen molar-refractivity contribution < 1.29 is 14.3 Å². The zero-order chi connectivity index (χ0) is 14.4. The van der Waals surface area contributed by atoms with Crippen LogP contribution < -0.4 is 5.32 Å². The van der Waals surface area contributed by atoms with Crippen LogP contribution in [-0.4, -0.2) is 48.0 Å². The van der Waals surface area contributed by atoms with Crippen molar-refractivity contribution in [1.29, 1.82) is 0 Å². The molecule has 0 aromatic carbocycles. The Balaban J connectivity index is 1.85. The topological polar surface area (TPSA) is 71.5 Å². The quantitative estimate of drug-likeness (QED) is 0.663. The van der Waals surface area contributed by atoms with Crippen molar-refractivity contribution in [3.63, 3.8) is 0 Å². The van der Waals surface area contributed by atoms with E-state index in [1.165, 1.54) is 18.3 Å². The Labute approximate surface area is 124 Å². The third-order valence-electron chi connectivity index (χ3n) is 2.69. The predicted octanol–water partition coefficient (Wildman–Crippen LogP) is 1.20. The summed E-state index contributed by atoms with van der Waals surface area (Å²) in [5, 5.41) is 2.62. The van der Waals surface area contributed by atoms with E-state index in [9.17, 15) is 9.59 Å². The number of rotatable bonds is 3. The summed E-state index contributed by atoms with van der Waals surface area (Å²) in [5.74, 6) is -0.548. The van der Waals surface area contributed by atoms with Crippen LogP contribution in [-0.2, 0) is 14.3 Å². The highest BCUT2D eigenvalue weighted by Crippen LogP contribution is 2.10. The second-order valence-corrected chi connectivity index (χ2v) is 4.94. The summed E-state index contributed by atoms with van der Waals surface area (Å²) in [6.07, 6.45) is 4.02. The van der Waals surface area contributed by atoms with E-state index in [2.05, 4.69) is 26.2 Å². The number of hydrogen-bond acceptors (Lipinski definition) is 4. The van der Waals surface area contributed by atoms with Gasteiger partial charge in [-0.15, -0.1) is 0 Å². The summed E-state index contributed by atoms with van der Waals surface area (Å²) in [6.45, 7) is 2.19. The van der Waals surface area contributed by atoms with Gasteiger partial charge in [0.2, 0.25) is 11.8 Å². The summed E-state index contributed by atoms with van der Waals surface area (Å²) in [4.78, 5) is 29.1. The standard InChI is InChI=1S/C13H14BrN3O3/c14-11-2-1-10(9-15-11)16-12(18)3-4-13(19)17-5-7-20-8-6-17/h1-4,9H,5-8H2,(H,16,18). The number of aromatic nitrogens is 1. The van der Waals surface area contributed by atoms with Crippen molar-refractivity contribution in [2.75, 3.05) is 31.6 Å². The van der Waals surface area contributed by atoms with Crippen LogP contribution in [0.15, 0.2) is 35.1 Å². The Morgan fingerprint density at radius 1 is 1.30 bits per heavy atom. The number of pyridine rings is 1. The Morgan fingerprint density at radius 3 is 2.70 bits per heavy atom. The molecule has 6 nitrogen and oxygen atoms in total. The van der Waals surface area contributed by atoms with Crippen LogP contribution in [0, 0.1) is 0 Å². The number of morpholine rings is 1. The lowest BCUT2D eigenvalue weighted by Gasteiger charge is -2.25. The van der Waals surface area contributed by atoms with Crippen LogP contribution >= 0.6 is 15.9 Å². The maximum absolute atomic E-state index is 11.8. The number of nitrogens with zero attached hydrogens (tertiary/aromatic N) is 2. The van der Waals surface area contributed by atoms with Crippen LogP contribution in [0.1, 0.15) is 0 Å². The average Bonchev–Trinajstić information content (AvgIpc) is 2.48. The van der Waals surface area contributed by atoms with Crippen molar-refractivity contribution in [1.82, 2.24) is 9.88 Å². The molecule has 0 bridgehead atoms. The molecular formula is C13H14BrN3O3. The third-order valence-corrected chi connectivity index (χ3v) is 3.16. The Kier molecular flexibility index (Phi) is 5.25. The number of carbonyl (C=O) groups excluding carboxylic acids is 2. The molecule has 1 N–H and O–H groups in total. The Hall–Kier alpha value is -1.73. The summed E-state index contributed by atoms with van der Waals surface area (Å²) in [7, 11) is 0. The molecule has 1 aliphatic heterocycles. The van der Waals surface area contributed by atoms with Gasteiger partial charge in [-0.3, -0.25) is 9.59 Å². The molecule has 0 spiro atoms. The summed E-state index contributed by atoms with van der Waals surface area (Å²) in [5.41, 5.74) is 0.571. The van der Waals surface area contributed by atoms with Gasteiger partial charge >= 0.3 is 0 Å². The molecular weight excluding hydrogens is 326 g/mol. The van der Waals surface area contributed by atoms with Gasteiger partial charge in [-0.05, 0) is 28.1 Å². The Morgan fingerprint density at radius 2 is 2.05 bits per heavy atom. The van der Waals surface area contributed by atoms with Crippen molar-refractivity contribution >= 4 is 33.4 Å². The lowest BCUT2D eigenvalue weighted by atomic mass is 10.3. The molecule has 2 heterocycles. The highest BCUT2D eigenvalue weighted by Gasteiger charge is 2.14. The molecule has 0 atom stereocenters. The van der Waals surface area contributed by atoms with Gasteiger partial charge in [-0.2, -0.15) is 0 Å². The van der Waals surface area contributed by atoms with Crippen LogP contribution in [0.2, 0.25) is 0 Å².